The van der Waals surface area contributed by atoms with Crippen LogP contribution in [0.15, 0.2) is 6.07 Å². The Morgan fingerprint density at radius 3 is 1.69 bits per heavy atom. The van der Waals surface area contributed by atoms with Crippen LogP contribution in [0.4, 0.5) is 0 Å². The standard InChI is InChI=1S/C27H40O8/c1-5-9-12-15-20(28)24-19(27(32)33-8-4)18-21(29)25(34-22(30)16-13-10-6-2)26(24)35-23(31)17-14-11-7-3/h18,29H,5-17H2,1-4H3. The molecule has 35 heavy (non-hydrogen) atoms. The summed E-state index contributed by atoms with van der Waals surface area (Å²) in [6.07, 6.45) is 7.10. The third-order valence-electron chi connectivity index (χ3n) is 5.40. The topological polar surface area (TPSA) is 116 Å². The molecule has 0 saturated heterocycles. The van der Waals surface area contributed by atoms with Crippen molar-refractivity contribution in [3.8, 4) is 17.2 Å². The first-order chi connectivity index (χ1) is 16.8. The summed E-state index contributed by atoms with van der Waals surface area (Å²) in [6, 6.07) is 1.04. The molecule has 0 aliphatic rings. The van der Waals surface area contributed by atoms with Crippen LogP contribution in [0.5, 0.6) is 17.2 Å². The fraction of sp³-hybridized carbons (Fsp3) is 0.630. The van der Waals surface area contributed by atoms with Gasteiger partial charge in [-0.2, -0.15) is 0 Å². The summed E-state index contributed by atoms with van der Waals surface area (Å²) < 4.78 is 16.0. The Balaban J connectivity index is 3.55. The molecule has 0 unspecified atom stereocenters. The van der Waals surface area contributed by atoms with Crippen molar-refractivity contribution in [2.75, 3.05) is 6.61 Å². The summed E-state index contributed by atoms with van der Waals surface area (Å²) >= 11 is 0. The van der Waals surface area contributed by atoms with E-state index in [1.807, 2.05) is 20.8 Å². The minimum Gasteiger partial charge on any atom is -0.504 e. The quantitative estimate of drug-likeness (QED) is 0.116. The van der Waals surface area contributed by atoms with E-state index in [-0.39, 0.29) is 37.0 Å². The first-order valence-electron chi connectivity index (χ1n) is 12.8. The van der Waals surface area contributed by atoms with E-state index in [9.17, 15) is 24.3 Å². The smallest absolute Gasteiger partial charge is 0.339 e. The van der Waals surface area contributed by atoms with E-state index in [0.29, 0.717) is 19.3 Å². The van der Waals surface area contributed by atoms with Crippen molar-refractivity contribution in [2.24, 2.45) is 0 Å². The maximum atomic E-state index is 13.3. The Kier molecular flexibility index (Phi) is 14.4. The Hall–Kier alpha value is -2.90. The summed E-state index contributed by atoms with van der Waals surface area (Å²) in [7, 11) is 0. The summed E-state index contributed by atoms with van der Waals surface area (Å²) in [5.41, 5.74) is -0.439. The number of ketones is 1. The van der Waals surface area contributed by atoms with Crippen LogP contribution in [0.3, 0.4) is 0 Å². The number of hydrogen-bond donors (Lipinski definition) is 1. The lowest BCUT2D eigenvalue weighted by molar-refractivity contribution is -0.137. The fourth-order valence-electron chi connectivity index (χ4n) is 3.50. The summed E-state index contributed by atoms with van der Waals surface area (Å²) in [6.45, 7) is 7.65. The van der Waals surface area contributed by atoms with Crippen LogP contribution < -0.4 is 9.47 Å². The molecule has 0 bridgehead atoms. The number of rotatable bonds is 17. The first-order valence-corrected chi connectivity index (χ1v) is 12.8. The lowest BCUT2D eigenvalue weighted by Gasteiger charge is -2.18. The van der Waals surface area contributed by atoms with E-state index in [1.165, 1.54) is 0 Å². The predicted octanol–water partition coefficient (Wildman–Crippen LogP) is 6.30. The van der Waals surface area contributed by atoms with Crippen LogP contribution in [-0.2, 0) is 14.3 Å². The molecule has 0 saturated carbocycles. The van der Waals surface area contributed by atoms with E-state index < -0.39 is 40.9 Å². The molecule has 0 spiro atoms. The molecule has 1 aromatic rings. The molecular weight excluding hydrogens is 452 g/mol. The number of carbonyl (C=O) groups is 4. The molecule has 0 aliphatic carbocycles. The average Bonchev–Trinajstić information content (AvgIpc) is 2.81. The zero-order valence-electron chi connectivity index (χ0n) is 21.6. The van der Waals surface area contributed by atoms with Gasteiger partial charge >= 0.3 is 17.9 Å². The number of esters is 3. The molecule has 1 N–H and O–H groups in total. The van der Waals surface area contributed by atoms with Crippen molar-refractivity contribution < 1.29 is 38.5 Å². The number of hydrogen-bond acceptors (Lipinski definition) is 8. The van der Waals surface area contributed by atoms with Gasteiger partial charge in [0.1, 0.15) is 0 Å². The second-order valence-electron chi connectivity index (χ2n) is 8.44. The number of aromatic hydroxyl groups is 1. The number of Topliss-reactive ketones (excluding diaryl/α,β-unsaturated/α-hetero) is 1. The van der Waals surface area contributed by atoms with Crippen molar-refractivity contribution in [1.29, 1.82) is 0 Å². The highest BCUT2D eigenvalue weighted by Gasteiger charge is 2.31. The molecule has 0 amide bonds. The number of unbranched alkanes of at least 4 members (excludes halogenated alkanes) is 6. The van der Waals surface area contributed by atoms with Crippen molar-refractivity contribution in [2.45, 2.75) is 105 Å². The van der Waals surface area contributed by atoms with E-state index >= 15 is 0 Å². The average molecular weight is 493 g/mol. The number of ether oxygens (including phenoxy) is 3. The van der Waals surface area contributed by atoms with Gasteiger partial charge in [-0.25, -0.2) is 4.79 Å². The van der Waals surface area contributed by atoms with Gasteiger partial charge in [0.05, 0.1) is 17.7 Å². The van der Waals surface area contributed by atoms with Gasteiger partial charge in [-0.05, 0) is 32.3 Å². The van der Waals surface area contributed by atoms with E-state index in [1.54, 1.807) is 6.92 Å². The fourth-order valence-corrected chi connectivity index (χ4v) is 3.50. The largest absolute Gasteiger partial charge is 0.504 e. The van der Waals surface area contributed by atoms with Gasteiger partial charge in [0.2, 0.25) is 5.75 Å². The molecule has 8 heteroatoms. The highest BCUT2D eigenvalue weighted by molar-refractivity contribution is 6.10. The zero-order valence-corrected chi connectivity index (χ0v) is 21.6. The molecule has 0 aliphatic heterocycles. The zero-order chi connectivity index (χ0) is 26.2. The Bertz CT molecular complexity index is 859. The lowest BCUT2D eigenvalue weighted by atomic mass is 9.97. The van der Waals surface area contributed by atoms with Gasteiger partial charge in [0.25, 0.3) is 0 Å². The summed E-state index contributed by atoms with van der Waals surface area (Å²) in [4.78, 5) is 51.0. The van der Waals surface area contributed by atoms with Crippen molar-refractivity contribution >= 4 is 23.7 Å². The van der Waals surface area contributed by atoms with Crippen LogP contribution >= 0.6 is 0 Å². The second-order valence-corrected chi connectivity index (χ2v) is 8.44. The summed E-state index contributed by atoms with van der Waals surface area (Å²) in [5, 5.41) is 10.7. The maximum absolute atomic E-state index is 13.3. The Morgan fingerprint density at radius 2 is 1.20 bits per heavy atom. The van der Waals surface area contributed by atoms with Crippen LogP contribution in [0, 0.1) is 0 Å². The number of carbonyl (C=O) groups excluding carboxylic acids is 4. The Morgan fingerprint density at radius 1 is 0.714 bits per heavy atom. The van der Waals surface area contributed by atoms with Crippen LogP contribution in [0.25, 0.3) is 0 Å². The predicted molar refractivity (Wildman–Crippen MR) is 132 cm³/mol. The minimum absolute atomic E-state index is 0.0450. The SMILES string of the molecule is CCCCCC(=O)Oc1c(O)cc(C(=O)OCC)c(C(=O)CCCCC)c1OC(=O)CCCCC. The van der Waals surface area contributed by atoms with Crippen LogP contribution in [-0.4, -0.2) is 35.4 Å². The highest BCUT2D eigenvalue weighted by atomic mass is 16.6. The van der Waals surface area contributed by atoms with Crippen LogP contribution in [0.2, 0.25) is 0 Å². The third kappa shape index (κ3) is 10.1. The third-order valence-corrected chi connectivity index (χ3v) is 5.40. The number of phenolic OH excluding ortho intramolecular Hbond substituents is 1. The van der Waals surface area contributed by atoms with Gasteiger partial charge in [-0.1, -0.05) is 59.3 Å². The first kappa shape index (κ1) is 30.1. The maximum Gasteiger partial charge on any atom is 0.339 e. The van der Waals surface area contributed by atoms with Gasteiger partial charge in [-0.15, -0.1) is 0 Å². The molecule has 196 valence electrons. The summed E-state index contributed by atoms with van der Waals surface area (Å²) in [5.74, 6) is -4.00. The molecular formula is C27H40O8. The Labute approximate surface area is 208 Å². The molecule has 0 heterocycles. The number of benzene rings is 1. The van der Waals surface area contributed by atoms with E-state index in [4.69, 9.17) is 14.2 Å². The van der Waals surface area contributed by atoms with Crippen molar-refractivity contribution in [1.82, 2.24) is 0 Å². The molecule has 1 rings (SSSR count). The van der Waals surface area contributed by atoms with Gasteiger partial charge in [-0.3, -0.25) is 14.4 Å². The lowest BCUT2D eigenvalue weighted by Crippen LogP contribution is -2.19. The molecule has 0 fully saturated rings. The molecule has 0 aromatic heterocycles. The van der Waals surface area contributed by atoms with Crippen LogP contribution in [0.1, 0.15) is 125 Å². The molecule has 1 aromatic carbocycles. The molecule has 0 atom stereocenters. The van der Waals surface area contributed by atoms with E-state index in [0.717, 1.165) is 44.6 Å². The molecule has 0 radical (unpaired) electrons. The second kappa shape index (κ2) is 16.7. The normalized spacial score (nSPS) is 10.6. The highest BCUT2D eigenvalue weighted by Crippen LogP contribution is 2.43. The van der Waals surface area contributed by atoms with Crippen molar-refractivity contribution in [3.63, 3.8) is 0 Å². The van der Waals surface area contributed by atoms with Gasteiger partial charge in [0.15, 0.2) is 17.3 Å². The van der Waals surface area contributed by atoms with Crippen molar-refractivity contribution in [3.05, 3.63) is 17.2 Å². The van der Waals surface area contributed by atoms with E-state index in [2.05, 4.69) is 0 Å². The monoisotopic (exact) mass is 492 g/mol. The van der Waals surface area contributed by atoms with Gasteiger partial charge in [0, 0.05) is 19.3 Å². The minimum atomic E-state index is -0.842. The van der Waals surface area contributed by atoms with Gasteiger partial charge < -0.3 is 19.3 Å². The molecule has 8 nitrogen and oxygen atoms in total. The number of phenols is 1.